The second kappa shape index (κ2) is 10.2. The van der Waals surface area contributed by atoms with Gasteiger partial charge in [-0.05, 0) is 49.1 Å². The van der Waals surface area contributed by atoms with E-state index in [-0.39, 0.29) is 17.5 Å². The lowest BCUT2D eigenvalue weighted by molar-refractivity contribution is -0.385. The Hall–Kier alpha value is -3.54. The summed E-state index contributed by atoms with van der Waals surface area (Å²) in [5.41, 5.74) is 1.78. The molecule has 0 aliphatic carbocycles. The maximum Gasteiger partial charge on any atom is 0.299 e. The minimum absolute atomic E-state index is 0.00918. The van der Waals surface area contributed by atoms with E-state index in [0.29, 0.717) is 28.2 Å². The van der Waals surface area contributed by atoms with Crippen molar-refractivity contribution in [2.45, 2.75) is 25.1 Å². The lowest BCUT2D eigenvalue weighted by Crippen LogP contribution is -2.02. The maximum absolute atomic E-state index is 13.1. The maximum atomic E-state index is 13.1. The van der Waals surface area contributed by atoms with Gasteiger partial charge in [0.1, 0.15) is 18.1 Å². The molecule has 0 spiro atoms. The van der Waals surface area contributed by atoms with Crippen LogP contribution in [0.2, 0.25) is 0 Å². The second-order valence-electron chi connectivity index (χ2n) is 6.47. The highest BCUT2D eigenvalue weighted by atomic mass is 32.2. The lowest BCUT2D eigenvalue weighted by atomic mass is 10.1. The Bertz CT molecular complexity index is 1150. The van der Waals surface area contributed by atoms with Crippen molar-refractivity contribution in [3.05, 3.63) is 69.0 Å². The lowest BCUT2D eigenvalue weighted by Gasteiger charge is -2.12. The fourth-order valence-corrected chi connectivity index (χ4v) is 3.28. The van der Waals surface area contributed by atoms with Crippen molar-refractivity contribution in [2.24, 2.45) is 5.10 Å². The van der Waals surface area contributed by atoms with Gasteiger partial charge in [-0.3, -0.25) is 10.1 Å². The standard InChI is InChI=1S/C20H19F2N5O4S/c1-12-8-15(5-6-16(12)27(28)29)31-11-14-9-13(4-7-17(14)30-2)10-23-26-19(18(21)22)24-25-20(26)32-3/h4-10,18H,11H2,1-3H3/b23-10+. The van der Waals surface area contributed by atoms with Crippen LogP contribution in [0.3, 0.4) is 0 Å². The van der Waals surface area contributed by atoms with Crippen LogP contribution in [0.4, 0.5) is 14.5 Å². The highest BCUT2D eigenvalue weighted by Gasteiger charge is 2.19. The first kappa shape index (κ1) is 23.1. The second-order valence-corrected chi connectivity index (χ2v) is 7.24. The quantitative estimate of drug-likeness (QED) is 0.197. The summed E-state index contributed by atoms with van der Waals surface area (Å²) in [6, 6.07) is 9.65. The molecule has 0 radical (unpaired) electrons. The molecular weight excluding hydrogens is 444 g/mol. The van der Waals surface area contributed by atoms with E-state index in [9.17, 15) is 18.9 Å². The normalized spacial score (nSPS) is 11.3. The summed E-state index contributed by atoms with van der Waals surface area (Å²) in [6.07, 6.45) is 0.285. The van der Waals surface area contributed by atoms with Crippen molar-refractivity contribution in [3.8, 4) is 11.5 Å². The van der Waals surface area contributed by atoms with Gasteiger partial charge in [-0.1, -0.05) is 11.8 Å². The van der Waals surface area contributed by atoms with Crippen LogP contribution < -0.4 is 9.47 Å². The van der Waals surface area contributed by atoms with Crippen molar-refractivity contribution in [3.63, 3.8) is 0 Å². The van der Waals surface area contributed by atoms with Crippen LogP contribution in [-0.4, -0.2) is 39.4 Å². The minimum Gasteiger partial charge on any atom is -0.496 e. The molecule has 12 heteroatoms. The van der Waals surface area contributed by atoms with E-state index in [0.717, 1.165) is 16.4 Å². The van der Waals surface area contributed by atoms with Gasteiger partial charge in [0.05, 0.1) is 18.2 Å². The van der Waals surface area contributed by atoms with Gasteiger partial charge < -0.3 is 9.47 Å². The zero-order valence-electron chi connectivity index (χ0n) is 17.4. The monoisotopic (exact) mass is 463 g/mol. The van der Waals surface area contributed by atoms with Crippen LogP contribution in [-0.2, 0) is 6.61 Å². The summed E-state index contributed by atoms with van der Waals surface area (Å²) in [7, 11) is 1.51. The Kier molecular flexibility index (Phi) is 7.36. The highest BCUT2D eigenvalue weighted by molar-refractivity contribution is 7.98. The largest absolute Gasteiger partial charge is 0.496 e. The topological polar surface area (TPSA) is 105 Å². The fourth-order valence-electron chi connectivity index (χ4n) is 2.85. The van der Waals surface area contributed by atoms with Gasteiger partial charge >= 0.3 is 0 Å². The molecule has 0 amide bonds. The summed E-state index contributed by atoms with van der Waals surface area (Å²) in [4.78, 5) is 10.5. The Morgan fingerprint density at radius 1 is 1.28 bits per heavy atom. The van der Waals surface area contributed by atoms with Crippen LogP contribution >= 0.6 is 11.8 Å². The van der Waals surface area contributed by atoms with E-state index in [2.05, 4.69) is 15.3 Å². The van der Waals surface area contributed by atoms with Gasteiger partial charge in [-0.15, -0.1) is 10.2 Å². The van der Waals surface area contributed by atoms with Gasteiger partial charge in [-0.25, -0.2) is 8.78 Å². The minimum atomic E-state index is -2.81. The molecule has 168 valence electrons. The Morgan fingerprint density at radius 3 is 2.69 bits per heavy atom. The third kappa shape index (κ3) is 5.19. The Labute approximate surface area is 186 Å². The number of alkyl halides is 2. The number of aromatic nitrogens is 3. The number of thioether (sulfide) groups is 1. The van der Waals surface area contributed by atoms with Gasteiger partial charge in [-0.2, -0.15) is 9.78 Å². The van der Waals surface area contributed by atoms with E-state index in [1.807, 2.05) is 0 Å². The summed E-state index contributed by atoms with van der Waals surface area (Å²) in [6.45, 7) is 1.75. The zero-order valence-corrected chi connectivity index (χ0v) is 18.2. The molecule has 0 aliphatic rings. The number of nitro groups is 1. The molecule has 0 bridgehead atoms. The molecule has 0 unspecified atom stereocenters. The number of halogens is 2. The number of ether oxygens (including phenoxy) is 2. The molecule has 9 nitrogen and oxygen atoms in total. The van der Waals surface area contributed by atoms with E-state index in [1.165, 1.54) is 25.5 Å². The van der Waals surface area contributed by atoms with Gasteiger partial charge in [0.15, 0.2) is 0 Å². The molecule has 3 rings (SSSR count). The molecule has 3 aromatic rings. The van der Waals surface area contributed by atoms with Crippen LogP contribution in [0, 0.1) is 17.0 Å². The molecule has 32 heavy (non-hydrogen) atoms. The molecule has 0 atom stereocenters. The molecular formula is C20H19F2N5O4S. The van der Waals surface area contributed by atoms with Crippen LogP contribution in [0.15, 0.2) is 46.7 Å². The third-order valence-corrected chi connectivity index (χ3v) is 5.02. The predicted octanol–water partition coefficient (Wildman–Crippen LogP) is 4.62. The number of hydrogen-bond acceptors (Lipinski definition) is 8. The number of benzene rings is 2. The molecule has 1 aromatic heterocycles. The Morgan fingerprint density at radius 2 is 2.06 bits per heavy atom. The van der Waals surface area contributed by atoms with Crippen LogP contribution in [0.25, 0.3) is 0 Å². The first-order valence-electron chi connectivity index (χ1n) is 9.20. The molecule has 0 aliphatic heterocycles. The highest BCUT2D eigenvalue weighted by Crippen LogP contribution is 2.26. The Balaban J connectivity index is 1.82. The predicted molar refractivity (Wildman–Crippen MR) is 115 cm³/mol. The van der Waals surface area contributed by atoms with E-state index in [1.54, 1.807) is 37.4 Å². The summed E-state index contributed by atoms with van der Waals surface area (Å²) < 4.78 is 38.4. The molecule has 0 saturated heterocycles. The molecule has 1 heterocycles. The fraction of sp³-hybridized carbons (Fsp3) is 0.250. The molecule has 0 fully saturated rings. The molecule has 0 N–H and O–H groups in total. The molecule has 0 saturated carbocycles. The van der Waals surface area contributed by atoms with Crippen molar-refractivity contribution in [1.82, 2.24) is 14.9 Å². The van der Waals surface area contributed by atoms with Gasteiger partial charge in [0, 0.05) is 17.2 Å². The van der Waals surface area contributed by atoms with Crippen LogP contribution in [0.5, 0.6) is 11.5 Å². The third-order valence-electron chi connectivity index (χ3n) is 4.40. The summed E-state index contributed by atoms with van der Waals surface area (Å²) in [5, 5.41) is 22.5. The van der Waals surface area contributed by atoms with Crippen molar-refractivity contribution in [2.75, 3.05) is 13.4 Å². The SMILES string of the molecule is COc1ccc(/C=N/n2c(SC)nnc2C(F)F)cc1COc1ccc([N+](=O)[O-])c(C)c1. The summed E-state index contributed by atoms with van der Waals surface area (Å²) in [5.74, 6) is 0.476. The van der Waals surface area contributed by atoms with E-state index < -0.39 is 17.2 Å². The average Bonchev–Trinajstić information content (AvgIpc) is 3.19. The zero-order chi connectivity index (χ0) is 23.3. The van der Waals surface area contributed by atoms with Crippen molar-refractivity contribution >= 4 is 23.7 Å². The number of nitrogens with zero attached hydrogens (tertiary/aromatic N) is 5. The van der Waals surface area contributed by atoms with Gasteiger partial charge in [0.25, 0.3) is 12.1 Å². The molecule has 2 aromatic carbocycles. The van der Waals surface area contributed by atoms with Crippen molar-refractivity contribution < 1.29 is 23.2 Å². The van der Waals surface area contributed by atoms with Crippen LogP contribution in [0.1, 0.15) is 28.9 Å². The first-order chi connectivity index (χ1) is 15.3. The number of methoxy groups -OCH3 is 1. The average molecular weight is 463 g/mol. The first-order valence-corrected chi connectivity index (χ1v) is 10.4. The summed E-state index contributed by atoms with van der Waals surface area (Å²) >= 11 is 1.15. The van der Waals surface area contributed by atoms with E-state index >= 15 is 0 Å². The number of hydrogen-bond donors (Lipinski definition) is 0. The number of aryl methyl sites for hydroxylation is 1. The van der Waals surface area contributed by atoms with E-state index in [4.69, 9.17) is 9.47 Å². The number of nitro benzene ring substituents is 1. The smallest absolute Gasteiger partial charge is 0.299 e. The number of rotatable bonds is 9. The van der Waals surface area contributed by atoms with Crippen molar-refractivity contribution in [1.29, 1.82) is 0 Å². The van der Waals surface area contributed by atoms with Gasteiger partial charge in [0.2, 0.25) is 11.0 Å².